The van der Waals surface area contributed by atoms with Crippen LogP contribution in [-0.2, 0) is 0 Å². The van der Waals surface area contributed by atoms with Crippen LogP contribution >= 0.6 is 0 Å². The first-order valence-corrected chi connectivity index (χ1v) is 12.0. The van der Waals surface area contributed by atoms with Gasteiger partial charge in [-0.3, -0.25) is 0 Å². The average Bonchev–Trinajstić information content (AvgIpc) is 2.89. The maximum absolute atomic E-state index is 2.42. The summed E-state index contributed by atoms with van der Waals surface area (Å²) in [6, 6.07) is 44.1. The molecule has 0 spiro atoms. The van der Waals surface area contributed by atoms with Crippen LogP contribution in [0.2, 0.25) is 0 Å². The maximum Gasteiger partial charge on any atom is 0.0540 e. The van der Waals surface area contributed by atoms with Gasteiger partial charge in [0.2, 0.25) is 0 Å². The average molecular weight is 438 g/mol. The largest absolute Gasteiger partial charge is 0.309 e. The fraction of sp³-hybridized carbons (Fsp3) is 0.0909. The Kier molecular flexibility index (Phi) is 5.04. The van der Waals surface area contributed by atoms with Gasteiger partial charge >= 0.3 is 0 Å². The minimum Gasteiger partial charge on any atom is -0.309 e. The van der Waals surface area contributed by atoms with Gasteiger partial charge in [0.1, 0.15) is 0 Å². The van der Waals surface area contributed by atoms with Gasteiger partial charge < -0.3 is 4.90 Å². The summed E-state index contributed by atoms with van der Waals surface area (Å²) < 4.78 is 0. The van der Waals surface area contributed by atoms with E-state index in [1.54, 1.807) is 0 Å². The fourth-order valence-electron chi connectivity index (χ4n) is 4.96. The molecule has 0 heterocycles. The van der Waals surface area contributed by atoms with Gasteiger partial charge in [-0.05, 0) is 57.3 Å². The van der Waals surface area contributed by atoms with Crippen LogP contribution in [-0.4, -0.2) is 0 Å². The Morgan fingerprint density at radius 3 is 1.62 bits per heavy atom. The van der Waals surface area contributed by atoms with Crippen molar-refractivity contribution in [3.63, 3.8) is 0 Å². The highest BCUT2D eigenvalue weighted by Gasteiger charge is 2.18. The van der Waals surface area contributed by atoms with Crippen molar-refractivity contribution in [3.05, 3.63) is 127 Å². The molecule has 0 N–H and O–H groups in total. The summed E-state index contributed by atoms with van der Waals surface area (Å²) >= 11 is 0. The monoisotopic (exact) mass is 437 g/mol. The molecule has 0 aliphatic rings. The van der Waals surface area contributed by atoms with Crippen molar-refractivity contribution in [3.8, 4) is 0 Å². The van der Waals surface area contributed by atoms with Gasteiger partial charge in [-0.1, -0.05) is 111 Å². The smallest absolute Gasteiger partial charge is 0.0540 e. The van der Waals surface area contributed by atoms with Crippen LogP contribution in [0, 0.1) is 0 Å². The number of benzene rings is 6. The zero-order valence-electron chi connectivity index (χ0n) is 19.6. The SMILES string of the molecule is CC(C)c1ccc2cc(N(c3cccc4ccccc34)c3cccc4ccccc34)ccc2c1. The molecule has 0 fully saturated rings. The molecule has 6 aromatic carbocycles. The Labute approximate surface area is 200 Å². The van der Waals surface area contributed by atoms with Gasteiger partial charge in [0.05, 0.1) is 11.4 Å². The molecule has 0 bridgehead atoms. The van der Waals surface area contributed by atoms with E-state index in [0.29, 0.717) is 5.92 Å². The van der Waals surface area contributed by atoms with Gasteiger partial charge in [0, 0.05) is 16.5 Å². The van der Waals surface area contributed by atoms with Gasteiger partial charge in [-0.2, -0.15) is 0 Å². The number of hydrogen-bond acceptors (Lipinski definition) is 1. The summed E-state index contributed by atoms with van der Waals surface area (Å²) in [6.07, 6.45) is 0. The topological polar surface area (TPSA) is 3.24 Å². The van der Waals surface area contributed by atoms with Crippen molar-refractivity contribution in [2.75, 3.05) is 4.90 Å². The molecular formula is C33H27N. The standard InChI is InChI=1S/C33H27N/c1-23(2)26-17-18-28-22-29(20-19-27(28)21-26)34(32-15-7-11-24-9-3-5-13-30(24)32)33-16-8-12-25-10-4-6-14-31(25)33/h3-23H,1-2H3. The van der Waals surface area contributed by atoms with Crippen molar-refractivity contribution in [2.45, 2.75) is 19.8 Å². The molecule has 34 heavy (non-hydrogen) atoms. The fourth-order valence-corrected chi connectivity index (χ4v) is 4.96. The molecule has 0 aromatic heterocycles. The molecule has 0 atom stereocenters. The lowest BCUT2D eigenvalue weighted by molar-refractivity contribution is 0.869. The second kappa shape index (κ2) is 8.35. The molecule has 0 amide bonds. The molecule has 6 rings (SSSR count). The molecule has 0 aliphatic carbocycles. The third-order valence-corrected chi connectivity index (χ3v) is 6.79. The first-order valence-electron chi connectivity index (χ1n) is 12.0. The Bertz CT molecular complexity index is 1550. The second-order valence-electron chi connectivity index (χ2n) is 9.28. The van der Waals surface area contributed by atoms with E-state index in [1.165, 1.54) is 49.3 Å². The molecule has 164 valence electrons. The molecule has 6 aromatic rings. The second-order valence-corrected chi connectivity index (χ2v) is 9.28. The van der Waals surface area contributed by atoms with Crippen LogP contribution in [0.4, 0.5) is 17.1 Å². The number of hydrogen-bond donors (Lipinski definition) is 0. The summed E-state index contributed by atoms with van der Waals surface area (Å²) in [5.41, 5.74) is 4.91. The highest BCUT2D eigenvalue weighted by atomic mass is 15.1. The van der Waals surface area contributed by atoms with E-state index in [4.69, 9.17) is 0 Å². The molecule has 0 radical (unpaired) electrons. The van der Waals surface area contributed by atoms with E-state index in [1.807, 2.05) is 0 Å². The third-order valence-electron chi connectivity index (χ3n) is 6.79. The van der Waals surface area contributed by atoms with E-state index >= 15 is 0 Å². The predicted molar refractivity (Wildman–Crippen MR) is 148 cm³/mol. The van der Waals surface area contributed by atoms with Crippen molar-refractivity contribution < 1.29 is 0 Å². The lowest BCUT2D eigenvalue weighted by Crippen LogP contribution is -2.11. The first-order chi connectivity index (χ1) is 16.7. The minimum absolute atomic E-state index is 0.520. The number of rotatable bonds is 4. The van der Waals surface area contributed by atoms with E-state index < -0.39 is 0 Å². The minimum atomic E-state index is 0.520. The highest BCUT2D eigenvalue weighted by Crippen LogP contribution is 2.42. The Morgan fingerprint density at radius 1 is 0.471 bits per heavy atom. The number of anilines is 3. The lowest BCUT2D eigenvalue weighted by Gasteiger charge is -2.28. The molecule has 1 heteroatoms. The summed E-state index contributed by atoms with van der Waals surface area (Å²) in [4.78, 5) is 2.42. The molecule has 0 saturated heterocycles. The Hall–Kier alpha value is -4.10. The van der Waals surface area contributed by atoms with Crippen molar-refractivity contribution in [2.24, 2.45) is 0 Å². The molecule has 0 unspecified atom stereocenters. The van der Waals surface area contributed by atoms with Crippen LogP contribution in [0.25, 0.3) is 32.3 Å². The van der Waals surface area contributed by atoms with Crippen LogP contribution in [0.3, 0.4) is 0 Å². The van der Waals surface area contributed by atoms with E-state index in [9.17, 15) is 0 Å². The van der Waals surface area contributed by atoms with Gasteiger partial charge in [-0.25, -0.2) is 0 Å². The Morgan fingerprint density at radius 2 is 1.00 bits per heavy atom. The molecule has 0 aliphatic heterocycles. The quantitative estimate of drug-likeness (QED) is 0.265. The highest BCUT2D eigenvalue weighted by molar-refractivity contribution is 6.05. The molecule has 0 saturated carbocycles. The van der Waals surface area contributed by atoms with Crippen LogP contribution < -0.4 is 4.90 Å². The van der Waals surface area contributed by atoms with E-state index in [2.05, 4.69) is 140 Å². The number of fused-ring (bicyclic) bond motifs is 3. The lowest BCUT2D eigenvalue weighted by atomic mass is 9.98. The predicted octanol–water partition coefficient (Wildman–Crippen LogP) is 9.74. The van der Waals surface area contributed by atoms with Crippen LogP contribution in [0.15, 0.2) is 121 Å². The van der Waals surface area contributed by atoms with Crippen LogP contribution in [0.5, 0.6) is 0 Å². The van der Waals surface area contributed by atoms with Gasteiger partial charge in [0.15, 0.2) is 0 Å². The van der Waals surface area contributed by atoms with Crippen LogP contribution in [0.1, 0.15) is 25.3 Å². The van der Waals surface area contributed by atoms with Crippen molar-refractivity contribution in [1.29, 1.82) is 0 Å². The third kappa shape index (κ3) is 3.50. The molecular weight excluding hydrogens is 410 g/mol. The zero-order chi connectivity index (χ0) is 23.1. The summed E-state index contributed by atoms with van der Waals surface area (Å²) in [5, 5.41) is 7.51. The summed E-state index contributed by atoms with van der Waals surface area (Å²) in [6.45, 7) is 4.50. The van der Waals surface area contributed by atoms with Crippen molar-refractivity contribution >= 4 is 49.4 Å². The molecule has 1 nitrogen and oxygen atoms in total. The first kappa shape index (κ1) is 20.5. The van der Waals surface area contributed by atoms with E-state index in [0.717, 1.165) is 5.69 Å². The van der Waals surface area contributed by atoms with Gasteiger partial charge in [0.25, 0.3) is 0 Å². The normalized spacial score (nSPS) is 11.5. The summed E-state index contributed by atoms with van der Waals surface area (Å²) in [5.74, 6) is 0.520. The maximum atomic E-state index is 2.42. The van der Waals surface area contributed by atoms with E-state index in [-0.39, 0.29) is 0 Å². The Balaban J connectivity index is 1.63. The summed E-state index contributed by atoms with van der Waals surface area (Å²) in [7, 11) is 0. The number of nitrogens with zero attached hydrogens (tertiary/aromatic N) is 1. The van der Waals surface area contributed by atoms with Gasteiger partial charge in [-0.15, -0.1) is 0 Å². The van der Waals surface area contributed by atoms with Crippen molar-refractivity contribution in [1.82, 2.24) is 0 Å². The zero-order valence-corrected chi connectivity index (χ0v) is 19.6.